The van der Waals surface area contributed by atoms with Crippen LogP contribution in [0.2, 0.25) is 0 Å². The summed E-state index contributed by atoms with van der Waals surface area (Å²) >= 11 is 0. The molecule has 0 amide bonds. The zero-order valence-corrected chi connectivity index (χ0v) is 12.2. The lowest BCUT2D eigenvalue weighted by Gasteiger charge is -2.18. The van der Waals surface area contributed by atoms with E-state index in [0.717, 1.165) is 25.3 Å². The van der Waals surface area contributed by atoms with E-state index in [0.29, 0.717) is 18.4 Å². The SMILES string of the molecule is CC(C)(C)CNCc1cccc(OCCCC#N)c1. The molecule has 0 radical (unpaired) electrons. The predicted octanol–water partition coefficient (Wildman–Crippen LogP) is 3.50. The lowest BCUT2D eigenvalue weighted by molar-refractivity contribution is 0.312. The molecular formula is C16H24N2O. The van der Waals surface area contributed by atoms with Crippen LogP contribution in [0.4, 0.5) is 0 Å². The summed E-state index contributed by atoms with van der Waals surface area (Å²) in [7, 11) is 0. The molecule has 1 rings (SSSR count). The first-order valence-corrected chi connectivity index (χ1v) is 6.81. The van der Waals surface area contributed by atoms with Gasteiger partial charge in [-0.15, -0.1) is 0 Å². The van der Waals surface area contributed by atoms with Crippen molar-refractivity contribution in [3.63, 3.8) is 0 Å². The van der Waals surface area contributed by atoms with E-state index in [1.165, 1.54) is 5.56 Å². The molecule has 0 saturated heterocycles. The van der Waals surface area contributed by atoms with Crippen molar-refractivity contribution in [3.8, 4) is 11.8 Å². The second kappa shape index (κ2) is 7.81. The monoisotopic (exact) mass is 260 g/mol. The fourth-order valence-corrected chi connectivity index (χ4v) is 1.67. The number of nitriles is 1. The highest BCUT2D eigenvalue weighted by Crippen LogP contribution is 2.15. The zero-order valence-electron chi connectivity index (χ0n) is 12.2. The van der Waals surface area contributed by atoms with Gasteiger partial charge in [0.2, 0.25) is 0 Å². The number of nitrogens with zero attached hydrogens (tertiary/aromatic N) is 1. The molecule has 0 aromatic heterocycles. The van der Waals surface area contributed by atoms with Crippen LogP contribution in [-0.2, 0) is 6.54 Å². The van der Waals surface area contributed by atoms with Gasteiger partial charge in [0.1, 0.15) is 5.75 Å². The van der Waals surface area contributed by atoms with Crippen LogP contribution in [0.3, 0.4) is 0 Å². The summed E-state index contributed by atoms with van der Waals surface area (Å²) in [5, 5.41) is 11.9. The van der Waals surface area contributed by atoms with E-state index in [9.17, 15) is 0 Å². The molecule has 1 N–H and O–H groups in total. The van der Waals surface area contributed by atoms with E-state index in [1.807, 2.05) is 12.1 Å². The van der Waals surface area contributed by atoms with Gasteiger partial charge in [0.15, 0.2) is 0 Å². The number of nitrogens with one attached hydrogen (secondary N) is 1. The Hall–Kier alpha value is -1.53. The van der Waals surface area contributed by atoms with Gasteiger partial charge < -0.3 is 10.1 Å². The fraction of sp³-hybridized carbons (Fsp3) is 0.562. The third-order valence-corrected chi connectivity index (χ3v) is 2.58. The molecule has 0 aliphatic carbocycles. The minimum atomic E-state index is 0.297. The van der Waals surface area contributed by atoms with Crippen molar-refractivity contribution in [2.45, 2.75) is 40.2 Å². The van der Waals surface area contributed by atoms with Crippen LogP contribution in [0, 0.1) is 16.7 Å². The maximum absolute atomic E-state index is 8.46. The van der Waals surface area contributed by atoms with Crippen LogP contribution in [0.15, 0.2) is 24.3 Å². The Kier molecular flexibility index (Phi) is 6.38. The Morgan fingerprint density at radius 3 is 2.79 bits per heavy atom. The average Bonchev–Trinajstić information content (AvgIpc) is 2.34. The van der Waals surface area contributed by atoms with Gasteiger partial charge in [0.05, 0.1) is 12.7 Å². The summed E-state index contributed by atoms with van der Waals surface area (Å²) in [4.78, 5) is 0. The minimum Gasteiger partial charge on any atom is -0.494 e. The summed E-state index contributed by atoms with van der Waals surface area (Å²) < 4.78 is 5.62. The van der Waals surface area contributed by atoms with E-state index in [-0.39, 0.29) is 0 Å². The Bertz CT molecular complexity index is 415. The molecule has 0 aliphatic heterocycles. The average molecular weight is 260 g/mol. The highest BCUT2D eigenvalue weighted by Gasteiger charge is 2.08. The van der Waals surface area contributed by atoms with Crippen molar-refractivity contribution in [1.82, 2.24) is 5.32 Å². The molecule has 1 aromatic carbocycles. The highest BCUT2D eigenvalue weighted by atomic mass is 16.5. The van der Waals surface area contributed by atoms with E-state index in [2.05, 4.69) is 44.3 Å². The number of ether oxygens (including phenoxy) is 1. The smallest absolute Gasteiger partial charge is 0.119 e. The Balaban J connectivity index is 2.37. The third kappa shape index (κ3) is 7.48. The molecule has 0 saturated carbocycles. The van der Waals surface area contributed by atoms with Gasteiger partial charge in [-0.3, -0.25) is 0 Å². The van der Waals surface area contributed by atoms with E-state index in [4.69, 9.17) is 10.00 Å². The summed E-state index contributed by atoms with van der Waals surface area (Å²) in [6.45, 7) is 9.09. The first-order valence-electron chi connectivity index (χ1n) is 6.81. The molecule has 3 nitrogen and oxygen atoms in total. The molecule has 104 valence electrons. The van der Waals surface area contributed by atoms with Crippen LogP contribution in [0.25, 0.3) is 0 Å². The van der Waals surface area contributed by atoms with Gasteiger partial charge in [0, 0.05) is 19.5 Å². The molecule has 0 atom stereocenters. The summed E-state index contributed by atoms with van der Waals surface area (Å²) in [5.41, 5.74) is 1.52. The normalized spacial score (nSPS) is 11.1. The quantitative estimate of drug-likeness (QED) is 0.763. The molecule has 0 aliphatic rings. The lowest BCUT2D eigenvalue weighted by atomic mass is 9.97. The van der Waals surface area contributed by atoms with Crippen molar-refractivity contribution in [3.05, 3.63) is 29.8 Å². The van der Waals surface area contributed by atoms with Crippen molar-refractivity contribution >= 4 is 0 Å². The van der Waals surface area contributed by atoms with Gasteiger partial charge in [-0.2, -0.15) is 5.26 Å². The number of rotatable bonds is 7. The first kappa shape index (κ1) is 15.5. The summed E-state index contributed by atoms with van der Waals surface area (Å²) in [6.07, 6.45) is 1.33. The first-order chi connectivity index (χ1) is 9.01. The number of hydrogen-bond acceptors (Lipinski definition) is 3. The van der Waals surface area contributed by atoms with Crippen molar-refractivity contribution in [2.24, 2.45) is 5.41 Å². The lowest BCUT2D eigenvalue weighted by Crippen LogP contribution is -2.26. The molecule has 19 heavy (non-hydrogen) atoms. The molecule has 0 spiro atoms. The number of benzene rings is 1. The standard InChI is InChI=1S/C16H24N2O/c1-16(2,3)13-18-12-14-7-6-8-15(11-14)19-10-5-4-9-17/h6-8,11,18H,4-5,10,12-13H2,1-3H3. The topological polar surface area (TPSA) is 45.0 Å². The molecule has 0 unspecified atom stereocenters. The molecular weight excluding hydrogens is 236 g/mol. The van der Waals surface area contributed by atoms with Crippen LogP contribution >= 0.6 is 0 Å². The number of unbranched alkanes of at least 4 members (excludes halogenated alkanes) is 1. The molecule has 3 heteroatoms. The van der Waals surface area contributed by atoms with Crippen LogP contribution < -0.4 is 10.1 Å². The largest absolute Gasteiger partial charge is 0.494 e. The van der Waals surface area contributed by atoms with Gasteiger partial charge in [-0.25, -0.2) is 0 Å². The van der Waals surface area contributed by atoms with Gasteiger partial charge >= 0.3 is 0 Å². The predicted molar refractivity (Wildman–Crippen MR) is 77.9 cm³/mol. The summed E-state index contributed by atoms with van der Waals surface area (Å²) in [6, 6.07) is 10.2. The van der Waals surface area contributed by atoms with Gasteiger partial charge in [-0.05, 0) is 29.5 Å². The van der Waals surface area contributed by atoms with Crippen LogP contribution in [0.1, 0.15) is 39.2 Å². The second-order valence-corrected chi connectivity index (χ2v) is 5.92. The number of hydrogen-bond donors (Lipinski definition) is 1. The third-order valence-electron chi connectivity index (χ3n) is 2.58. The Labute approximate surface area is 116 Å². The fourth-order valence-electron chi connectivity index (χ4n) is 1.67. The van der Waals surface area contributed by atoms with Crippen LogP contribution in [-0.4, -0.2) is 13.2 Å². The van der Waals surface area contributed by atoms with E-state index < -0.39 is 0 Å². The van der Waals surface area contributed by atoms with Crippen molar-refractivity contribution < 1.29 is 4.74 Å². The molecule has 0 bridgehead atoms. The Morgan fingerprint density at radius 1 is 1.32 bits per heavy atom. The van der Waals surface area contributed by atoms with Crippen molar-refractivity contribution in [1.29, 1.82) is 5.26 Å². The van der Waals surface area contributed by atoms with Gasteiger partial charge in [0.25, 0.3) is 0 Å². The maximum Gasteiger partial charge on any atom is 0.119 e. The maximum atomic E-state index is 8.46. The Morgan fingerprint density at radius 2 is 2.11 bits per heavy atom. The zero-order chi connectivity index (χ0) is 14.1. The minimum absolute atomic E-state index is 0.297. The summed E-state index contributed by atoms with van der Waals surface area (Å²) in [5.74, 6) is 0.882. The van der Waals surface area contributed by atoms with Crippen LogP contribution in [0.5, 0.6) is 5.75 Å². The van der Waals surface area contributed by atoms with E-state index in [1.54, 1.807) is 0 Å². The highest BCUT2D eigenvalue weighted by molar-refractivity contribution is 5.28. The second-order valence-electron chi connectivity index (χ2n) is 5.92. The van der Waals surface area contributed by atoms with Crippen molar-refractivity contribution in [2.75, 3.05) is 13.2 Å². The molecule has 0 fully saturated rings. The molecule has 0 heterocycles. The van der Waals surface area contributed by atoms with E-state index >= 15 is 0 Å². The van der Waals surface area contributed by atoms with Gasteiger partial charge in [-0.1, -0.05) is 32.9 Å². The molecule has 1 aromatic rings.